The number of aliphatic hydroxyl groups is 8. The molecule has 26 heteroatoms. The molecule has 2 saturated carbocycles. The van der Waals surface area contributed by atoms with E-state index in [1.165, 1.54) is 32.4 Å². The van der Waals surface area contributed by atoms with Crippen molar-refractivity contribution in [3.8, 4) is 17.2 Å². The molecular weight excluding hydrogens is 1200 g/mol. The molecule has 6 aliphatic carbocycles. The molecule has 5 unspecified atom stereocenters. The van der Waals surface area contributed by atoms with E-state index in [1.807, 2.05) is 24.3 Å². The van der Waals surface area contributed by atoms with Gasteiger partial charge in [-0.05, 0) is 50.3 Å². The second-order valence-corrected chi connectivity index (χ2v) is 24.2. The predicted molar refractivity (Wildman–Crippen MR) is 310 cm³/mol. The number of ether oxygens (including phenoxy) is 6. The number of ketones is 6. The fourth-order valence-electron chi connectivity index (χ4n) is 14.8. The lowest BCUT2D eigenvalue weighted by Crippen LogP contribution is -2.60. The normalized spacial score (nSPS) is 34.2. The number of carbonyl (C=O) groups is 6. The van der Waals surface area contributed by atoms with Crippen molar-refractivity contribution in [2.45, 2.75) is 163 Å². The Hall–Kier alpha value is -5.78. The molecule has 3 aromatic carbocycles. The molecule has 478 valence electrons. The monoisotopic (exact) mass is 1270 g/mol. The summed E-state index contributed by atoms with van der Waals surface area (Å²) in [6, 6.07) is 10.5. The number of allylic oxidation sites excluding steroid dienone is 3. The van der Waals surface area contributed by atoms with Crippen LogP contribution in [0.1, 0.15) is 125 Å². The number of Topliss-reactive ketones (excluding diaryl/α,β-unsaturated/α-hetero) is 4. The van der Waals surface area contributed by atoms with E-state index in [1.54, 1.807) is 13.8 Å². The lowest BCUT2D eigenvalue weighted by Gasteiger charge is -2.49. The van der Waals surface area contributed by atoms with Gasteiger partial charge in [0.25, 0.3) is 0 Å². The number of halogens is 2. The molecule has 12 N–H and O–H groups in total. The summed E-state index contributed by atoms with van der Waals surface area (Å²) in [5, 5.41) is 120. The van der Waals surface area contributed by atoms with Crippen molar-refractivity contribution in [3.63, 3.8) is 0 Å². The molecule has 3 aromatic rings. The van der Waals surface area contributed by atoms with Crippen LogP contribution in [-0.4, -0.2) is 186 Å². The first-order valence-electron chi connectivity index (χ1n) is 29.1. The van der Waals surface area contributed by atoms with Crippen LogP contribution in [0.4, 0.5) is 0 Å². The lowest BCUT2D eigenvalue weighted by atomic mass is 9.58. The van der Waals surface area contributed by atoms with E-state index in [-0.39, 0.29) is 95.7 Å². The quantitative estimate of drug-likeness (QED) is 0.0717. The topological polar surface area (TPSA) is 384 Å². The number of nitrogens with one attached hydrogen (secondary N) is 2. The van der Waals surface area contributed by atoms with Crippen molar-refractivity contribution < 1.29 is 108 Å². The van der Waals surface area contributed by atoms with E-state index in [0.717, 1.165) is 11.1 Å². The average molecular weight is 1270 g/mol. The van der Waals surface area contributed by atoms with Gasteiger partial charge in [-0.1, -0.05) is 42.8 Å². The number of hydrogen-bond donors (Lipinski definition) is 12. The Morgan fingerprint density at radius 3 is 1.78 bits per heavy atom. The van der Waals surface area contributed by atoms with Gasteiger partial charge in [0.2, 0.25) is 5.78 Å². The Labute approximate surface area is 517 Å². The standard InChI is InChI=1S/C62H72N2O22.2ClH/c1-25-51(33(67)15-41(83-25)85-37-19-61(79,39(69)23-65)17-31-45(37)59(77)49-47(55(31)73)53(71)29-7-5-9-35(81-3)43(29)57(49)75)63-21-27-11-13-28(14-12-27)22-64-52-26(2)84-42(16-34(52)68)86-38-20-62(80,40(70)24-66)18-32-46(38)60(78)50-48(56(32)74)54(72)30-8-6-10-36(82-4)44(30)58(50)76;;/h5,7,9,11-14,25-26,30,32-34,36-38,41-42,44,46,51-52,63-68,73-74,76-77,79-80H,6,8,10,15-24H2,1-4H3;2*1H/t25-,26-,30?,32?,33-,34-,36?,37+,38+,41-,42-,44?,46?,51+,52+,61-,62-;;/m0../s1. The smallest absolute Gasteiger partial charge is 0.202 e. The molecule has 88 heavy (non-hydrogen) atoms. The first-order valence-corrected chi connectivity index (χ1v) is 29.1. The van der Waals surface area contributed by atoms with Gasteiger partial charge < -0.3 is 90.1 Å². The fraction of sp³-hybridized carbons (Fsp3) is 0.548. The molecule has 0 amide bonds. The number of carbonyl (C=O) groups excluding carboxylic acids is 6. The molecule has 0 radical (unpaired) electrons. The minimum absolute atomic E-state index is 0. The van der Waals surface area contributed by atoms with Crippen LogP contribution in [0.3, 0.4) is 0 Å². The minimum atomic E-state index is -2.35. The van der Waals surface area contributed by atoms with Crippen molar-refractivity contribution in [2.75, 3.05) is 27.4 Å². The van der Waals surface area contributed by atoms with E-state index in [2.05, 4.69) is 10.6 Å². The Morgan fingerprint density at radius 1 is 0.648 bits per heavy atom. The number of aliphatic hydroxyl groups excluding tert-OH is 6. The number of rotatable bonds is 16. The van der Waals surface area contributed by atoms with E-state index in [0.29, 0.717) is 19.3 Å². The maximum absolute atomic E-state index is 14.6. The Balaban J connectivity index is 0.00000461. The van der Waals surface area contributed by atoms with Crippen LogP contribution in [0.2, 0.25) is 0 Å². The van der Waals surface area contributed by atoms with E-state index >= 15 is 0 Å². The highest BCUT2D eigenvalue weighted by Gasteiger charge is 2.61. The molecule has 2 saturated heterocycles. The average Bonchev–Trinajstić information content (AvgIpc) is 0.724. The summed E-state index contributed by atoms with van der Waals surface area (Å²) in [5.41, 5.74) is -5.37. The molecule has 11 rings (SSSR count). The lowest BCUT2D eigenvalue weighted by molar-refractivity contribution is -0.257. The van der Waals surface area contributed by atoms with Gasteiger partial charge in [0.1, 0.15) is 53.2 Å². The predicted octanol–water partition coefficient (Wildman–Crippen LogP) is 2.55. The number of benzene rings is 3. The highest BCUT2D eigenvalue weighted by Crippen LogP contribution is 2.55. The van der Waals surface area contributed by atoms with E-state index < -0.39 is 204 Å². The third-order valence-electron chi connectivity index (χ3n) is 19.2. The van der Waals surface area contributed by atoms with Crippen LogP contribution in [0, 0.1) is 23.7 Å². The number of phenolic OH excluding ortho intramolecular Hbond substituents is 2. The van der Waals surface area contributed by atoms with Crippen molar-refractivity contribution in [1.29, 1.82) is 0 Å². The van der Waals surface area contributed by atoms with Crippen LogP contribution in [-0.2, 0) is 62.4 Å². The third kappa shape index (κ3) is 11.4. The van der Waals surface area contributed by atoms with Crippen molar-refractivity contribution in [3.05, 3.63) is 110 Å². The fourth-order valence-corrected chi connectivity index (χ4v) is 14.8. The SMILES string of the molecule is COc1cccc2c1C(=O)c1c(O)c3c(c(O)c1C2=O)C[C@@](O)(C(=O)CO)C[C@H]3O[C@H]1C[C@H](O)[C@H](NCc2ccc(CN[C@@H]3[C@H](C)O[C@@H](O[C@@H]4C[C@](O)(C(=O)CO)CC5C(O)=C6C(=O)C7CCCC(OC)C7C(O)=C6C(=O)C54)C[C@@H]3O)cc2)[C@H](C)O1.Cl.Cl. The van der Waals surface area contributed by atoms with Crippen molar-refractivity contribution in [1.82, 2.24) is 10.6 Å². The Morgan fingerprint density at radius 2 is 1.22 bits per heavy atom. The maximum atomic E-state index is 14.6. The highest BCUT2D eigenvalue weighted by atomic mass is 35.5. The zero-order chi connectivity index (χ0) is 61.6. The van der Waals surface area contributed by atoms with Crippen molar-refractivity contribution in [2.24, 2.45) is 23.7 Å². The number of aromatic hydroxyl groups is 2. The summed E-state index contributed by atoms with van der Waals surface area (Å²) < 4.78 is 36.2. The molecule has 2 aliphatic heterocycles. The van der Waals surface area contributed by atoms with Gasteiger partial charge in [-0.25, -0.2) is 0 Å². The van der Waals surface area contributed by atoms with Crippen LogP contribution in [0.15, 0.2) is 65.1 Å². The van der Waals surface area contributed by atoms with Crippen LogP contribution in [0.5, 0.6) is 17.2 Å². The third-order valence-corrected chi connectivity index (χ3v) is 19.2. The molecule has 4 fully saturated rings. The summed E-state index contributed by atoms with van der Waals surface area (Å²) in [5.74, 6) is -11.4. The first-order chi connectivity index (χ1) is 41.0. The second kappa shape index (κ2) is 25.8. The zero-order valence-corrected chi connectivity index (χ0v) is 50.2. The molecule has 24 nitrogen and oxygen atoms in total. The van der Waals surface area contributed by atoms with Gasteiger partial charge in [-0.3, -0.25) is 28.8 Å². The largest absolute Gasteiger partial charge is 0.511 e. The van der Waals surface area contributed by atoms with Gasteiger partial charge in [0.05, 0.1) is 102 Å². The molecule has 2 heterocycles. The van der Waals surface area contributed by atoms with Crippen LogP contribution < -0.4 is 15.4 Å². The minimum Gasteiger partial charge on any atom is -0.511 e. The van der Waals surface area contributed by atoms with E-state index in [9.17, 15) is 79.8 Å². The summed E-state index contributed by atoms with van der Waals surface area (Å²) in [6.07, 6.45) is -10.3. The molecule has 17 atom stereocenters. The van der Waals surface area contributed by atoms with Gasteiger partial charge in [-0.15, -0.1) is 24.8 Å². The number of methoxy groups -OCH3 is 2. The maximum Gasteiger partial charge on any atom is 0.202 e. The number of hydrogen-bond acceptors (Lipinski definition) is 24. The summed E-state index contributed by atoms with van der Waals surface area (Å²) >= 11 is 0. The van der Waals surface area contributed by atoms with E-state index in [4.69, 9.17) is 28.4 Å². The Kier molecular flexibility index (Phi) is 19.6. The molecular formula is C62H74Cl2N2O22. The van der Waals surface area contributed by atoms with Crippen LogP contribution >= 0.6 is 24.8 Å². The first kappa shape index (κ1) is 66.6. The molecule has 0 bridgehead atoms. The Bertz CT molecular complexity index is 3310. The van der Waals surface area contributed by atoms with Gasteiger partial charge in [0.15, 0.2) is 41.5 Å². The summed E-state index contributed by atoms with van der Waals surface area (Å²) in [6.45, 7) is 1.81. The second-order valence-electron chi connectivity index (χ2n) is 24.2. The van der Waals surface area contributed by atoms with Gasteiger partial charge >= 0.3 is 0 Å². The highest BCUT2D eigenvalue weighted by molar-refractivity contribution is 6.31. The molecule has 0 aromatic heterocycles. The van der Waals surface area contributed by atoms with Gasteiger partial charge in [0, 0.05) is 80.8 Å². The summed E-state index contributed by atoms with van der Waals surface area (Å²) in [7, 11) is 2.77. The molecule has 0 spiro atoms. The molecule has 8 aliphatic rings. The number of fused-ring (bicyclic) bond motifs is 6. The van der Waals surface area contributed by atoms with Crippen molar-refractivity contribution >= 4 is 59.5 Å². The summed E-state index contributed by atoms with van der Waals surface area (Å²) in [4.78, 5) is 82.8. The van der Waals surface area contributed by atoms with Gasteiger partial charge in [-0.2, -0.15) is 0 Å². The zero-order valence-electron chi connectivity index (χ0n) is 48.6. The number of phenols is 2. The van der Waals surface area contributed by atoms with Crippen LogP contribution in [0.25, 0.3) is 0 Å².